The van der Waals surface area contributed by atoms with Gasteiger partial charge in [-0.25, -0.2) is 10.1 Å². The molecule has 2 N–H and O–H groups in total. The van der Waals surface area contributed by atoms with Crippen molar-refractivity contribution in [1.82, 2.24) is 20.5 Å². The fourth-order valence-corrected chi connectivity index (χ4v) is 3.42. The second-order valence-electron chi connectivity index (χ2n) is 7.03. The first-order valence-corrected chi connectivity index (χ1v) is 9.97. The van der Waals surface area contributed by atoms with Gasteiger partial charge in [-0.1, -0.05) is 12.1 Å². The van der Waals surface area contributed by atoms with Crippen LogP contribution in [-0.4, -0.2) is 29.3 Å². The maximum atomic E-state index is 6.06. The summed E-state index contributed by atoms with van der Waals surface area (Å²) < 4.78 is 16.7. The van der Waals surface area contributed by atoms with Crippen LogP contribution in [0.3, 0.4) is 0 Å². The van der Waals surface area contributed by atoms with Crippen LogP contribution in [0.15, 0.2) is 67.0 Å². The number of nitrogens with one attached hydrogen (secondary N) is 2. The van der Waals surface area contributed by atoms with Crippen molar-refractivity contribution >= 4 is 29.1 Å². The normalized spacial score (nSPS) is 12.1. The molecular weight excluding hydrogens is 406 g/mol. The molecule has 0 saturated carbocycles. The molecule has 32 heavy (non-hydrogen) atoms. The third kappa shape index (κ3) is 3.81. The van der Waals surface area contributed by atoms with E-state index >= 15 is 0 Å². The zero-order valence-corrected chi connectivity index (χ0v) is 17.6. The highest BCUT2D eigenvalue weighted by atomic mass is 16.5. The smallest absolute Gasteiger partial charge is 0.156 e. The van der Waals surface area contributed by atoms with Crippen molar-refractivity contribution in [3.8, 4) is 23.0 Å². The molecule has 0 fully saturated rings. The molecule has 0 saturated heterocycles. The van der Waals surface area contributed by atoms with Gasteiger partial charge in [0.05, 0.1) is 37.8 Å². The van der Waals surface area contributed by atoms with E-state index in [4.69, 9.17) is 14.2 Å². The first-order valence-electron chi connectivity index (χ1n) is 9.97. The lowest BCUT2D eigenvalue weighted by atomic mass is 10.2. The minimum Gasteiger partial charge on any atom is -0.496 e. The van der Waals surface area contributed by atoms with Gasteiger partial charge in [-0.15, -0.1) is 0 Å². The van der Waals surface area contributed by atoms with Crippen molar-refractivity contribution in [2.45, 2.75) is 0 Å². The quantitative estimate of drug-likeness (QED) is 0.486. The molecular formula is C24H21N5O3. The third-order valence-corrected chi connectivity index (χ3v) is 5.02. The standard InChI is InChI=1S/C24H21N5O3/c1-30-19-12-21-24(26-14-19)23(10-11-25-21)32-18-8-6-17(7-9-18)28-29-15-20-16(13-27-29)4-3-5-22(20)31-2/h3-15,27-28H,1-2H3. The minimum atomic E-state index is 0.627. The van der Waals surface area contributed by atoms with Crippen LogP contribution in [0.4, 0.5) is 5.69 Å². The number of anilines is 1. The molecule has 0 atom stereocenters. The molecule has 4 aromatic rings. The predicted molar refractivity (Wildman–Crippen MR) is 122 cm³/mol. The number of ether oxygens (including phenoxy) is 3. The number of nitrogens with zero attached hydrogens (tertiary/aromatic N) is 3. The van der Waals surface area contributed by atoms with Gasteiger partial charge in [0, 0.05) is 35.0 Å². The molecule has 3 heterocycles. The molecule has 0 spiro atoms. The zero-order chi connectivity index (χ0) is 21.9. The van der Waals surface area contributed by atoms with Gasteiger partial charge in [-0.05, 0) is 30.3 Å². The molecule has 0 aliphatic carbocycles. The second kappa shape index (κ2) is 8.35. The van der Waals surface area contributed by atoms with Crippen LogP contribution in [0.25, 0.3) is 23.4 Å². The van der Waals surface area contributed by atoms with Gasteiger partial charge in [-0.2, -0.15) is 0 Å². The summed E-state index contributed by atoms with van der Waals surface area (Å²) in [6.45, 7) is 0. The Bertz CT molecular complexity index is 1390. The summed E-state index contributed by atoms with van der Waals surface area (Å²) in [6.07, 6.45) is 7.20. The van der Waals surface area contributed by atoms with Crippen LogP contribution in [-0.2, 0) is 0 Å². The summed E-state index contributed by atoms with van der Waals surface area (Å²) in [5.74, 6) is 2.78. The Morgan fingerprint density at radius 1 is 0.906 bits per heavy atom. The number of aromatic nitrogens is 2. The SMILES string of the molecule is COc1cnc2c(Oc3ccc(NN4C=c5c(OC)cccc5=CN4)cc3)ccnc2c1. The number of methoxy groups -OCH3 is 2. The van der Waals surface area contributed by atoms with Crippen molar-refractivity contribution in [1.29, 1.82) is 0 Å². The maximum absolute atomic E-state index is 6.06. The third-order valence-electron chi connectivity index (χ3n) is 5.02. The van der Waals surface area contributed by atoms with Gasteiger partial charge in [-0.3, -0.25) is 15.8 Å². The van der Waals surface area contributed by atoms with Gasteiger partial charge in [0.15, 0.2) is 5.75 Å². The molecule has 160 valence electrons. The molecule has 1 aliphatic rings. The summed E-state index contributed by atoms with van der Waals surface area (Å²) in [4.78, 5) is 8.76. The molecule has 0 amide bonds. The Balaban J connectivity index is 1.33. The van der Waals surface area contributed by atoms with Crippen LogP contribution in [0.1, 0.15) is 0 Å². The van der Waals surface area contributed by atoms with Crippen molar-refractivity contribution in [2.24, 2.45) is 0 Å². The lowest BCUT2D eigenvalue weighted by Gasteiger charge is -2.24. The van der Waals surface area contributed by atoms with Gasteiger partial charge in [0.1, 0.15) is 22.8 Å². The number of rotatable bonds is 6. The van der Waals surface area contributed by atoms with E-state index in [-0.39, 0.29) is 0 Å². The molecule has 8 nitrogen and oxygen atoms in total. The Morgan fingerprint density at radius 2 is 1.78 bits per heavy atom. The summed E-state index contributed by atoms with van der Waals surface area (Å²) in [7, 11) is 3.27. The molecule has 0 bridgehead atoms. The molecule has 8 heteroatoms. The van der Waals surface area contributed by atoms with E-state index in [9.17, 15) is 0 Å². The number of hydrazine groups is 2. The van der Waals surface area contributed by atoms with E-state index in [1.165, 1.54) is 0 Å². The van der Waals surface area contributed by atoms with Crippen molar-refractivity contribution in [3.63, 3.8) is 0 Å². The summed E-state index contributed by atoms with van der Waals surface area (Å²) in [6, 6.07) is 17.2. The van der Waals surface area contributed by atoms with E-state index in [0.29, 0.717) is 28.3 Å². The van der Waals surface area contributed by atoms with Crippen LogP contribution in [0, 0.1) is 0 Å². The van der Waals surface area contributed by atoms with E-state index in [1.807, 2.05) is 60.9 Å². The highest BCUT2D eigenvalue weighted by molar-refractivity contribution is 5.81. The fourth-order valence-electron chi connectivity index (χ4n) is 3.42. The number of hydrogen-bond donors (Lipinski definition) is 2. The number of benzene rings is 2. The zero-order valence-electron chi connectivity index (χ0n) is 17.6. The van der Waals surface area contributed by atoms with Crippen molar-refractivity contribution in [2.75, 3.05) is 19.6 Å². The first-order chi connectivity index (χ1) is 15.7. The van der Waals surface area contributed by atoms with Gasteiger partial charge in [0.25, 0.3) is 0 Å². The fraction of sp³-hybridized carbons (Fsp3) is 0.0833. The van der Waals surface area contributed by atoms with Gasteiger partial charge >= 0.3 is 0 Å². The van der Waals surface area contributed by atoms with E-state index in [1.54, 1.807) is 37.8 Å². The Morgan fingerprint density at radius 3 is 2.59 bits per heavy atom. The molecule has 2 aromatic carbocycles. The molecule has 2 aromatic heterocycles. The lowest BCUT2D eigenvalue weighted by Crippen LogP contribution is -2.44. The Labute approximate surface area is 184 Å². The van der Waals surface area contributed by atoms with E-state index < -0.39 is 0 Å². The number of pyridine rings is 2. The molecule has 0 radical (unpaired) electrons. The second-order valence-corrected chi connectivity index (χ2v) is 7.03. The predicted octanol–water partition coefficient (Wildman–Crippen LogP) is 2.76. The molecule has 0 unspecified atom stereocenters. The minimum absolute atomic E-state index is 0.627. The lowest BCUT2D eigenvalue weighted by molar-refractivity contribution is 0.401. The maximum Gasteiger partial charge on any atom is 0.156 e. The monoisotopic (exact) mass is 427 g/mol. The average Bonchev–Trinajstić information content (AvgIpc) is 2.84. The molecule has 5 rings (SSSR count). The van der Waals surface area contributed by atoms with Crippen LogP contribution in [0.5, 0.6) is 23.0 Å². The van der Waals surface area contributed by atoms with Crippen LogP contribution < -0.4 is 35.5 Å². The highest BCUT2D eigenvalue weighted by Gasteiger charge is 2.09. The summed E-state index contributed by atoms with van der Waals surface area (Å²) in [5.41, 5.74) is 8.75. The summed E-state index contributed by atoms with van der Waals surface area (Å²) in [5, 5.41) is 3.82. The molecule has 1 aliphatic heterocycles. The van der Waals surface area contributed by atoms with E-state index in [2.05, 4.69) is 20.8 Å². The van der Waals surface area contributed by atoms with Crippen molar-refractivity contribution in [3.05, 3.63) is 77.4 Å². The number of fused-ring (bicyclic) bond motifs is 2. The highest BCUT2D eigenvalue weighted by Crippen LogP contribution is 2.29. The van der Waals surface area contributed by atoms with E-state index in [0.717, 1.165) is 21.9 Å². The Hall–Kier alpha value is -4.46. The first kappa shape index (κ1) is 19.5. The topological polar surface area (TPSA) is 80.8 Å². The van der Waals surface area contributed by atoms with Gasteiger partial charge < -0.3 is 14.2 Å². The van der Waals surface area contributed by atoms with Crippen molar-refractivity contribution < 1.29 is 14.2 Å². The van der Waals surface area contributed by atoms with Crippen LogP contribution >= 0.6 is 0 Å². The Kier molecular flexibility index (Phi) is 5.09. The van der Waals surface area contributed by atoms with Crippen LogP contribution in [0.2, 0.25) is 0 Å². The number of hydrogen-bond acceptors (Lipinski definition) is 8. The van der Waals surface area contributed by atoms with Gasteiger partial charge in [0.2, 0.25) is 0 Å². The summed E-state index contributed by atoms with van der Waals surface area (Å²) >= 11 is 0. The largest absolute Gasteiger partial charge is 0.496 e. The average molecular weight is 427 g/mol.